The van der Waals surface area contributed by atoms with Crippen molar-refractivity contribution in [2.24, 2.45) is 5.16 Å². The summed E-state index contributed by atoms with van der Waals surface area (Å²) in [7, 11) is 1.26. The number of nitrogen functional groups attached to an aromatic ring is 4. The molecule has 15 nitrogen and oxygen atoms in total. The summed E-state index contributed by atoms with van der Waals surface area (Å²) < 4.78 is 1.17. The number of amides is 2. The Balaban J connectivity index is 1.50. The van der Waals surface area contributed by atoms with Crippen LogP contribution in [0.3, 0.4) is 0 Å². The number of aromatic nitrogens is 3. The van der Waals surface area contributed by atoms with Gasteiger partial charge in [0.05, 0.1) is 11.7 Å². The van der Waals surface area contributed by atoms with Crippen LogP contribution in [0, 0.1) is 0 Å². The molecular weight excluding hydrogens is 532 g/mol. The van der Waals surface area contributed by atoms with Crippen LogP contribution >= 0.6 is 34.9 Å². The number of carboxylic acids is 1. The normalized spacial score (nSPS) is 19.5. The van der Waals surface area contributed by atoms with Gasteiger partial charge < -0.3 is 37.3 Å². The third kappa shape index (κ3) is 4.69. The van der Waals surface area contributed by atoms with Gasteiger partial charge in [0.1, 0.15) is 36.1 Å². The summed E-state index contributed by atoms with van der Waals surface area (Å²) >= 11 is 3.51. The van der Waals surface area contributed by atoms with Crippen LogP contribution < -0.4 is 38.1 Å². The number of nitrogens with zero attached hydrogens (tertiary/aromatic N) is 5. The lowest BCUT2D eigenvalue weighted by Gasteiger charge is -2.50. The number of hydrogen-bond donors (Lipinski definition) is 5. The number of carboxylic acid groups (broad SMARTS) is 1. The summed E-state index contributed by atoms with van der Waals surface area (Å²) in [6.45, 7) is 0. The van der Waals surface area contributed by atoms with E-state index in [0.717, 1.165) is 28.0 Å². The van der Waals surface area contributed by atoms with Crippen LogP contribution in [0.15, 0.2) is 33.2 Å². The Labute approximate surface area is 215 Å². The van der Waals surface area contributed by atoms with E-state index < -0.39 is 29.2 Å². The molecular formula is C18H20N10O5S3. The van der Waals surface area contributed by atoms with Crippen molar-refractivity contribution in [3.8, 4) is 0 Å². The minimum absolute atomic E-state index is 0.0830. The minimum atomic E-state index is -1.51. The second-order valence-corrected chi connectivity index (χ2v) is 10.3. The lowest BCUT2D eigenvalue weighted by Crippen LogP contribution is -2.71. The number of nitrogens with one attached hydrogen (secondary N) is 1. The molecule has 2 aromatic heterocycles. The van der Waals surface area contributed by atoms with Crippen molar-refractivity contribution < 1.29 is 29.0 Å². The number of aliphatic carboxylic acids is 1. The lowest BCUT2D eigenvalue weighted by molar-refractivity contribution is -0.681. The number of hydrogen-bond acceptors (Lipinski definition) is 15. The molecule has 2 amide bonds. The smallest absolute Gasteiger partial charge is 0.384 e. The fraction of sp³-hybridized carbons (Fsp3) is 0.278. The Morgan fingerprint density at radius 1 is 1.39 bits per heavy atom. The zero-order chi connectivity index (χ0) is 26.1. The molecule has 18 heteroatoms. The second-order valence-electron chi connectivity index (χ2n) is 7.35. The zero-order valence-electron chi connectivity index (χ0n) is 18.5. The van der Waals surface area contributed by atoms with Crippen molar-refractivity contribution in [1.29, 1.82) is 0 Å². The van der Waals surface area contributed by atoms with Gasteiger partial charge in [-0.25, -0.2) is 4.98 Å². The summed E-state index contributed by atoms with van der Waals surface area (Å²) in [5.74, 6) is 3.49. The highest BCUT2D eigenvalue weighted by atomic mass is 32.2. The molecule has 9 N–H and O–H groups in total. The van der Waals surface area contributed by atoms with Crippen molar-refractivity contribution >= 4 is 75.0 Å². The molecule has 0 aliphatic carbocycles. The molecule has 1 saturated heterocycles. The average molecular weight is 553 g/mol. The molecule has 4 rings (SSSR count). The molecule has 0 spiro atoms. The van der Waals surface area contributed by atoms with E-state index in [1.165, 1.54) is 35.1 Å². The highest BCUT2D eigenvalue weighted by Gasteiger charge is 2.53. The number of thioether (sulfide) groups is 2. The summed E-state index contributed by atoms with van der Waals surface area (Å²) in [5, 5.41) is 19.6. The van der Waals surface area contributed by atoms with Crippen molar-refractivity contribution in [1.82, 2.24) is 20.2 Å². The number of carbonyl (C=O) groups is 3. The van der Waals surface area contributed by atoms with Crippen LogP contribution in [0.4, 0.5) is 16.6 Å². The van der Waals surface area contributed by atoms with Gasteiger partial charge >= 0.3 is 5.16 Å². The van der Waals surface area contributed by atoms with Crippen molar-refractivity contribution in [2.45, 2.75) is 16.6 Å². The van der Waals surface area contributed by atoms with Gasteiger partial charge in [0.25, 0.3) is 17.6 Å². The largest absolute Gasteiger partial charge is 0.543 e. The van der Waals surface area contributed by atoms with Crippen LogP contribution in [-0.4, -0.2) is 68.4 Å². The molecule has 190 valence electrons. The number of β-lactam (4-membered cyclic amide) rings is 1. The van der Waals surface area contributed by atoms with E-state index in [1.54, 1.807) is 0 Å². The maximum atomic E-state index is 12.9. The molecule has 2 aliphatic heterocycles. The van der Waals surface area contributed by atoms with E-state index in [9.17, 15) is 19.5 Å². The first-order chi connectivity index (χ1) is 17.1. The molecule has 2 aromatic rings. The van der Waals surface area contributed by atoms with Crippen LogP contribution in [0.2, 0.25) is 0 Å². The Bertz CT molecular complexity index is 1310. The van der Waals surface area contributed by atoms with E-state index >= 15 is 0 Å². The first-order valence-electron chi connectivity index (χ1n) is 9.99. The highest BCUT2D eigenvalue weighted by Crippen LogP contribution is 2.41. The number of fused-ring (bicyclic) bond motifs is 1. The molecule has 4 heterocycles. The highest BCUT2D eigenvalue weighted by molar-refractivity contribution is 8.01. The predicted octanol–water partition coefficient (Wildman–Crippen LogP) is -3.17. The lowest BCUT2D eigenvalue weighted by atomic mass is 10.0. The molecule has 0 bridgehead atoms. The number of anilines is 3. The molecule has 1 unspecified atom stereocenters. The molecule has 0 saturated carbocycles. The van der Waals surface area contributed by atoms with Gasteiger partial charge in [0.2, 0.25) is 0 Å². The van der Waals surface area contributed by atoms with E-state index in [0.29, 0.717) is 10.7 Å². The van der Waals surface area contributed by atoms with Gasteiger partial charge in [0.15, 0.2) is 10.8 Å². The quantitative estimate of drug-likeness (QED) is 0.0413. The van der Waals surface area contributed by atoms with Crippen LogP contribution in [-0.2, 0) is 19.2 Å². The number of carbonyl (C=O) groups excluding carboxylic acids is 3. The maximum Gasteiger partial charge on any atom is 0.384 e. The molecule has 0 radical (unpaired) electrons. The summed E-state index contributed by atoms with van der Waals surface area (Å²) in [6, 6.07) is -0.992. The van der Waals surface area contributed by atoms with Crippen LogP contribution in [0.1, 0.15) is 5.69 Å². The number of rotatable bonds is 8. The monoisotopic (exact) mass is 552 g/mol. The molecule has 2 aliphatic rings. The van der Waals surface area contributed by atoms with E-state index in [2.05, 4.69) is 20.4 Å². The van der Waals surface area contributed by atoms with Crippen LogP contribution in [0.5, 0.6) is 0 Å². The fourth-order valence-electron chi connectivity index (χ4n) is 3.44. The predicted molar refractivity (Wildman–Crippen MR) is 131 cm³/mol. The number of thiazole rings is 1. The van der Waals surface area contributed by atoms with E-state index in [4.69, 9.17) is 27.9 Å². The standard InChI is InChI=1S/C18H20N10O5S3/c1-33-26-9(8-5-35-17(21)23-8)13(29)24-10-14(30)28-11(16(31)32)6(3-34-15(10)28)4-36-18-25-12(20)7(19)2-27(18)22/h2,5,10,15,20H,3-4,19,22H2,1H3,(H4,21,23,24,29,31,32)/b26-9-/t10?,15-/m1/s1. The van der Waals surface area contributed by atoms with Crippen LogP contribution in [0.25, 0.3) is 0 Å². The van der Waals surface area contributed by atoms with E-state index in [-0.39, 0.29) is 45.2 Å². The summed E-state index contributed by atoms with van der Waals surface area (Å²) in [4.78, 5) is 51.6. The molecule has 1 fully saturated rings. The fourth-order valence-corrected chi connectivity index (χ4v) is 6.37. The van der Waals surface area contributed by atoms with Crippen molar-refractivity contribution in [2.75, 3.05) is 41.7 Å². The SMILES string of the molecule is CO/N=C(\C(=O)NC1C(=O)N2C(C(=O)[O-])=C(CSc3nc(N)c(N)c[n+]3N)CS[C@H]12)c1csc(N)n1. The Hall–Kier alpha value is -3.77. The third-order valence-corrected chi connectivity index (χ3v) is 8.14. The maximum absolute atomic E-state index is 12.9. The van der Waals surface area contributed by atoms with Crippen molar-refractivity contribution in [3.63, 3.8) is 0 Å². The summed E-state index contributed by atoms with van der Waals surface area (Å²) in [5.41, 5.74) is 17.4. The zero-order valence-corrected chi connectivity index (χ0v) is 21.0. The minimum Gasteiger partial charge on any atom is -0.543 e. The first kappa shape index (κ1) is 25.3. The van der Waals surface area contributed by atoms with Gasteiger partial charge in [-0.3, -0.25) is 20.3 Å². The Kier molecular flexibility index (Phi) is 7.09. The van der Waals surface area contributed by atoms with Gasteiger partial charge in [0, 0.05) is 16.9 Å². The van der Waals surface area contributed by atoms with Gasteiger partial charge in [-0.05, 0) is 22.3 Å². The Morgan fingerprint density at radius 2 is 2.14 bits per heavy atom. The average Bonchev–Trinajstić information content (AvgIpc) is 3.27. The molecule has 2 atom stereocenters. The number of nitrogens with two attached hydrogens (primary N) is 4. The number of oxime groups is 1. The first-order valence-corrected chi connectivity index (χ1v) is 12.9. The summed E-state index contributed by atoms with van der Waals surface area (Å²) in [6.07, 6.45) is 1.39. The molecule has 36 heavy (non-hydrogen) atoms. The molecule has 0 aromatic carbocycles. The Morgan fingerprint density at radius 3 is 2.78 bits per heavy atom. The van der Waals surface area contributed by atoms with Gasteiger partial charge in [-0.15, -0.1) is 27.8 Å². The second kappa shape index (κ2) is 10.1. The van der Waals surface area contributed by atoms with E-state index in [1.807, 2.05) is 0 Å². The van der Waals surface area contributed by atoms with Crippen molar-refractivity contribution in [3.05, 3.63) is 28.5 Å². The third-order valence-electron chi connectivity index (χ3n) is 5.08. The van der Waals surface area contributed by atoms with Gasteiger partial charge in [-0.2, -0.15) is 0 Å². The topological polar surface area (TPSA) is 245 Å². The van der Waals surface area contributed by atoms with Gasteiger partial charge in [-0.1, -0.05) is 5.16 Å².